The van der Waals surface area contributed by atoms with Gasteiger partial charge in [-0.3, -0.25) is 0 Å². The molecule has 0 aliphatic heterocycles. The molecule has 0 unspecified atom stereocenters. The average Bonchev–Trinajstić information content (AvgIpc) is 1.55. The lowest BCUT2D eigenvalue weighted by Gasteiger charge is -2.31. The van der Waals surface area contributed by atoms with Crippen LogP contribution in [0.5, 0.6) is 0 Å². The lowest BCUT2D eigenvalue weighted by Crippen LogP contribution is -2.52. The second-order valence-electron chi connectivity index (χ2n) is 4.44. The molecule has 0 rings (SSSR count). The van der Waals surface area contributed by atoms with Gasteiger partial charge in [0, 0.05) is 13.0 Å². The molecule has 0 aliphatic carbocycles. The largest absolute Gasteiger partial charge is 0.396 e. The Morgan fingerprint density at radius 1 is 1.18 bits per heavy atom. The summed E-state index contributed by atoms with van der Waals surface area (Å²) in [6.45, 7) is 6.31. The lowest BCUT2D eigenvalue weighted by molar-refractivity contribution is 0.193. The molecule has 0 bridgehead atoms. The van der Waals surface area contributed by atoms with E-state index in [0.29, 0.717) is 6.42 Å². The molecule has 5 N–H and O–H groups in total. The van der Waals surface area contributed by atoms with Gasteiger partial charge in [0.05, 0.1) is 5.66 Å². The van der Waals surface area contributed by atoms with Crippen molar-refractivity contribution in [2.75, 3.05) is 6.61 Å². The fourth-order valence-electron chi connectivity index (χ4n) is 1.28. The molecule has 0 fully saturated rings. The number of hydrogen-bond acceptors (Lipinski definition) is 3. The van der Waals surface area contributed by atoms with Crippen LogP contribution >= 0.6 is 0 Å². The monoisotopic (exact) mass is 160 g/mol. The van der Waals surface area contributed by atoms with Crippen molar-refractivity contribution in [2.24, 2.45) is 16.9 Å². The van der Waals surface area contributed by atoms with Crippen molar-refractivity contribution in [3.05, 3.63) is 0 Å². The Hall–Kier alpha value is -0.120. The van der Waals surface area contributed by atoms with E-state index < -0.39 is 5.66 Å². The molecule has 0 saturated carbocycles. The minimum atomic E-state index is -0.715. The first-order valence-electron chi connectivity index (χ1n) is 3.95. The quantitative estimate of drug-likeness (QED) is 0.524. The molecule has 0 heterocycles. The van der Waals surface area contributed by atoms with Crippen LogP contribution in [-0.4, -0.2) is 17.4 Å². The van der Waals surface area contributed by atoms with Gasteiger partial charge in [0.15, 0.2) is 0 Å². The van der Waals surface area contributed by atoms with Crippen LogP contribution in [0.2, 0.25) is 0 Å². The second kappa shape index (κ2) is 3.52. The Balaban J connectivity index is 3.91. The maximum Gasteiger partial charge on any atom is 0.0663 e. The summed E-state index contributed by atoms with van der Waals surface area (Å²) in [5.41, 5.74) is 10.9. The Labute approximate surface area is 68.8 Å². The average molecular weight is 160 g/mol. The predicted molar refractivity (Wildman–Crippen MR) is 46.9 cm³/mol. The van der Waals surface area contributed by atoms with Crippen molar-refractivity contribution >= 4 is 0 Å². The molecular weight excluding hydrogens is 140 g/mol. The first-order valence-corrected chi connectivity index (χ1v) is 3.95. The van der Waals surface area contributed by atoms with E-state index in [2.05, 4.69) is 20.8 Å². The minimum Gasteiger partial charge on any atom is -0.396 e. The summed E-state index contributed by atoms with van der Waals surface area (Å²) in [5, 5.41) is 8.64. The highest BCUT2D eigenvalue weighted by molar-refractivity contribution is 4.82. The van der Waals surface area contributed by atoms with Gasteiger partial charge in [0.1, 0.15) is 0 Å². The van der Waals surface area contributed by atoms with Gasteiger partial charge in [-0.2, -0.15) is 0 Å². The van der Waals surface area contributed by atoms with E-state index >= 15 is 0 Å². The maximum absolute atomic E-state index is 8.64. The minimum absolute atomic E-state index is 0.0586. The van der Waals surface area contributed by atoms with Crippen LogP contribution in [0.15, 0.2) is 0 Å². The van der Waals surface area contributed by atoms with E-state index in [1.807, 2.05) is 0 Å². The molecule has 0 amide bonds. The lowest BCUT2D eigenvalue weighted by atomic mass is 9.84. The standard InChI is InChI=1S/C8H20N2O/c1-7(2,3)6-8(9,10)4-5-11/h11H,4-6,9-10H2,1-3H3. The van der Waals surface area contributed by atoms with Crippen LogP contribution in [0.3, 0.4) is 0 Å². The molecule has 0 atom stereocenters. The molecule has 68 valence electrons. The number of aliphatic hydroxyl groups excluding tert-OH is 1. The van der Waals surface area contributed by atoms with Gasteiger partial charge in [-0.1, -0.05) is 20.8 Å². The first-order chi connectivity index (χ1) is 4.77. The van der Waals surface area contributed by atoms with E-state index in [9.17, 15) is 0 Å². The van der Waals surface area contributed by atoms with Gasteiger partial charge in [0.25, 0.3) is 0 Å². The Bertz CT molecular complexity index is 116. The highest BCUT2D eigenvalue weighted by atomic mass is 16.3. The van der Waals surface area contributed by atoms with Crippen LogP contribution in [0, 0.1) is 5.41 Å². The van der Waals surface area contributed by atoms with Crippen molar-refractivity contribution in [3.8, 4) is 0 Å². The highest BCUT2D eigenvalue weighted by Crippen LogP contribution is 2.24. The smallest absolute Gasteiger partial charge is 0.0663 e. The van der Waals surface area contributed by atoms with Gasteiger partial charge >= 0.3 is 0 Å². The van der Waals surface area contributed by atoms with E-state index in [-0.39, 0.29) is 12.0 Å². The zero-order chi connectivity index (χ0) is 9.12. The van der Waals surface area contributed by atoms with Crippen molar-refractivity contribution in [2.45, 2.75) is 39.3 Å². The van der Waals surface area contributed by atoms with Crippen LogP contribution < -0.4 is 11.5 Å². The zero-order valence-corrected chi connectivity index (χ0v) is 7.72. The second-order valence-corrected chi connectivity index (χ2v) is 4.44. The summed E-state index contributed by atoms with van der Waals surface area (Å²) in [5.74, 6) is 0. The highest BCUT2D eigenvalue weighted by Gasteiger charge is 2.25. The molecule has 0 radical (unpaired) electrons. The molecular formula is C8H20N2O. The van der Waals surface area contributed by atoms with Crippen LogP contribution in [-0.2, 0) is 0 Å². The predicted octanol–water partition coefficient (Wildman–Crippen LogP) is 0.419. The summed E-state index contributed by atoms with van der Waals surface area (Å²) in [6, 6.07) is 0. The van der Waals surface area contributed by atoms with Gasteiger partial charge in [0.2, 0.25) is 0 Å². The summed E-state index contributed by atoms with van der Waals surface area (Å²) in [6.07, 6.45) is 1.19. The molecule has 0 aromatic rings. The molecule has 3 nitrogen and oxygen atoms in total. The summed E-state index contributed by atoms with van der Waals surface area (Å²) >= 11 is 0. The number of nitrogens with two attached hydrogens (primary N) is 2. The summed E-state index contributed by atoms with van der Waals surface area (Å²) in [4.78, 5) is 0. The van der Waals surface area contributed by atoms with Crippen LogP contribution in [0.1, 0.15) is 33.6 Å². The molecule has 0 aromatic heterocycles. The van der Waals surface area contributed by atoms with Crippen LogP contribution in [0.4, 0.5) is 0 Å². The van der Waals surface area contributed by atoms with Gasteiger partial charge in [-0.15, -0.1) is 0 Å². The molecule has 0 aliphatic rings. The number of aliphatic hydroxyl groups is 1. The zero-order valence-electron chi connectivity index (χ0n) is 7.72. The third-order valence-corrected chi connectivity index (χ3v) is 1.44. The fraction of sp³-hybridized carbons (Fsp3) is 1.00. The normalized spacial score (nSPS) is 13.6. The third-order valence-electron chi connectivity index (χ3n) is 1.44. The van der Waals surface area contributed by atoms with Gasteiger partial charge < -0.3 is 16.6 Å². The maximum atomic E-state index is 8.64. The Kier molecular flexibility index (Phi) is 3.48. The van der Waals surface area contributed by atoms with E-state index in [1.54, 1.807) is 0 Å². The molecule has 0 aromatic carbocycles. The molecule has 3 heteroatoms. The van der Waals surface area contributed by atoms with Crippen molar-refractivity contribution in [3.63, 3.8) is 0 Å². The van der Waals surface area contributed by atoms with E-state index in [0.717, 1.165) is 6.42 Å². The van der Waals surface area contributed by atoms with E-state index in [4.69, 9.17) is 16.6 Å². The van der Waals surface area contributed by atoms with Gasteiger partial charge in [-0.25, -0.2) is 0 Å². The first kappa shape index (κ1) is 10.9. The van der Waals surface area contributed by atoms with Crippen molar-refractivity contribution < 1.29 is 5.11 Å². The van der Waals surface area contributed by atoms with E-state index in [1.165, 1.54) is 0 Å². The SMILES string of the molecule is CC(C)(C)CC(N)(N)CCO. The third kappa shape index (κ3) is 6.28. The van der Waals surface area contributed by atoms with Crippen molar-refractivity contribution in [1.82, 2.24) is 0 Å². The van der Waals surface area contributed by atoms with Crippen LogP contribution in [0.25, 0.3) is 0 Å². The summed E-state index contributed by atoms with van der Waals surface area (Å²) in [7, 11) is 0. The number of hydrogen-bond donors (Lipinski definition) is 3. The number of rotatable bonds is 3. The Morgan fingerprint density at radius 2 is 1.64 bits per heavy atom. The topological polar surface area (TPSA) is 72.3 Å². The van der Waals surface area contributed by atoms with Crippen molar-refractivity contribution in [1.29, 1.82) is 0 Å². The molecule has 0 saturated heterocycles. The fourth-order valence-corrected chi connectivity index (χ4v) is 1.28. The molecule has 11 heavy (non-hydrogen) atoms. The Morgan fingerprint density at radius 3 is 1.91 bits per heavy atom. The molecule has 0 spiro atoms. The summed E-state index contributed by atoms with van der Waals surface area (Å²) < 4.78 is 0. The van der Waals surface area contributed by atoms with Gasteiger partial charge in [-0.05, 0) is 11.8 Å².